The Morgan fingerprint density at radius 2 is 2.00 bits per heavy atom. The van der Waals surface area contributed by atoms with E-state index in [1.54, 1.807) is 11.3 Å². The number of halogens is 2. The van der Waals surface area contributed by atoms with Gasteiger partial charge >= 0.3 is 0 Å². The number of para-hydroxylation sites is 1. The molecule has 0 saturated heterocycles. The number of alkyl halides is 1. The van der Waals surface area contributed by atoms with Crippen molar-refractivity contribution < 1.29 is 0 Å². The minimum absolute atomic E-state index is 0.238. The lowest BCUT2D eigenvalue weighted by Gasteiger charge is -2.12. The SMILES string of the molecule is Cc1c(Cl)cccc1C(Br)Cc1nc2ccccc2s1. The molecule has 0 aliphatic rings. The molecule has 0 aliphatic heterocycles. The smallest absolute Gasteiger partial charge is 0.0953 e. The standard InChI is InChI=1S/C16H13BrClNS/c1-10-11(5-4-6-13(10)18)12(17)9-16-19-14-7-2-3-8-15(14)20-16/h2-8,12H,9H2,1H3. The molecule has 1 unspecified atom stereocenters. The van der Waals surface area contributed by atoms with Crippen LogP contribution < -0.4 is 0 Å². The zero-order chi connectivity index (χ0) is 14.1. The molecule has 0 radical (unpaired) electrons. The number of hydrogen-bond acceptors (Lipinski definition) is 2. The Labute approximate surface area is 135 Å². The molecule has 0 fully saturated rings. The number of fused-ring (bicyclic) bond motifs is 1. The van der Waals surface area contributed by atoms with Gasteiger partial charge in [0.25, 0.3) is 0 Å². The fourth-order valence-electron chi connectivity index (χ4n) is 2.23. The molecular formula is C16H13BrClNS. The van der Waals surface area contributed by atoms with E-state index < -0.39 is 0 Å². The number of thiazole rings is 1. The van der Waals surface area contributed by atoms with E-state index in [0.717, 1.165) is 27.5 Å². The van der Waals surface area contributed by atoms with Crippen LogP contribution in [-0.4, -0.2) is 4.98 Å². The number of rotatable bonds is 3. The highest BCUT2D eigenvalue weighted by Crippen LogP contribution is 2.34. The molecule has 1 nitrogen and oxygen atoms in total. The predicted molar refractivity (Wildman–Crippen MR) is 91.2 cm³/mol. The molecule has 20 heavy (non-hydrogen) atoms. The molecule has 0 bridgehead atoms. The van der Waals surface area contributed by atoms with Gasteiger partial charge in [0, 0.05) is 16.3 Å². The molecule has 0 saturated carbocycles. The van der Waals surface area contributed by atoms with Gasteiger partial charge in [0.1, 0.15) is 0 Å². The third kappa shape index (κ3) is 2.76. The summed E-state index contributed by atoms with van der Waals surface area (Å²) < 4.78 is 1.24. The van der Waals surface area contributed by atoms with E-state index in [1.165, 1.54) is 10.3 Å². The molecule has 3 aromatic rings. The first kappa shape index (κ1) is 14.1. The van der Waals surface area contributed by atoms with E-state index in [-0.39, 0.29) is 4.83 Å². The summed E-state index contributed by atoms with van der Waals surface area (Å²) in [6.45, 7) is 2.06. The van der Waals surface area contributed by atoms with Crippen LogP contribution in [0.5, 0.6) is 0 Å². The normalized spacial score (nSPS) is 12.8. The Balaban J connectivity index is 1.88. The topological polar surface area (TPSA) is 12.9 Å². The lowest BCUT2D eigenvalue weighted by molar-refractivity contribution is 0.929. The summed E-state index contributed by atoms with van der Waals surface area (Å²) in [7, 11) is 0. The monoisotopic (exact) mass is 365 g/mol. The maximum atomic E-state index is 6.19. The van der Waals surface area contributed by atoms with Crippen molar-refractivity contribution in [1.82, 2.24) is 4.98 Å². The lowest BCUT2D eigenvalue weighted by atomic mass is 10.0. The van der Waals surface area contributed by atoms with Crippen molar-refractivity contribution in [2.75, 3.05) is 0 Å². The van der Waals surface area contributed by atoms with Crippen LogP contribution in [0, 0.1) is 6.92 Å². The van der Waals surface area contributed by atoms with Crippen LogP contribution in [0.1, 0.15) is 21.0 Å². The Kier molecular flexibility index (Phi) is 4.11. The van der Waals surface area contributed by atoms with Gasteiger partial charge in [0.05, 0.1) is 15.2 Å². The summed E-state index contributed by atoms with van der Waals surface area (Å²) in [6, 6.07) is 14.3. The second kappa shape index (κ2) is 5.84. The Morgan fingerprint density at radius 1 is 1.20 bits per heavy atom. The maximum Gasteiger partial charge on any atom is 0.0953 e. The van der Waals surface area contributed by atoms with Crippen molar-refractivity contribution in [2.45, 2.75) is 18.2 Å². The summed E-state index contributed by atoms with van der Waals surface area (Å²) >= 11 is 11.7. The Morgan fingerprint density at radius 3 is 2.80 bits per heavy atom. The molecule has 3 rings (SSSR count). The van der Waals surface area contributed by atoms with Gasteiger partial charge in [-0.05, 0) is 36.2 Å². The largest absolute Gasteiger partial charge is 0.241 e. The number of hydrogen-bond donors (Lipinski definition) is 0. The fourth-order valence-corrected chi connectivity index (χ4v) is 4.45. The zero-order valence-electron chi connectivity index (χ0n) is 10.9. The molecule has 4 heteroatoms. The van der Waals surface area contributed by atoms with Gasteiger partial charge in [-0.3, -0.25) is 0 Å². The molecular weight excluding hydrogens is 354 g/mol. The highest BCUT2D eigenvalue weighted by Gasteiger charge is 2.15. The first-order valence-corrected chi connectivity index (χ1v) is 8.49. The zero-order valence-corrected chi connectivity index (χ0v) is 14.1. The lowest BCUT2D eigenvalue weighted by Crippen LogP contribution is -1.98. The molecule has 2 aromatic carbocycles. The summed E-state index contributed by atoms with van der Waals surface area (Å²) in [5.74, 6) is 0. The van der Waals surface area contributed by atoms with Crippen LogP contribution in [0.3, 0.4) is 0 Å². The highest BCUT2D eigenvalue weighted by atomic mass is 79.9. The Bertz CT molecular complexity index is 720. The number of benzene rings is 2. The number of aromatic nitrogens is 1. The van der Waals surface area contributed by atoms with Crippen LogP contribution in [0.2, 0.25) is 5.02 Å². The second-order valence-electron chi connectivity index (χ2n) is 4.70. The molecule has 0 aliphatic carbocycles. The minimum Gasteiger partial charge on any atom is -0.241 e. The van der Waals surface area contributed by atoms with Gasteiger partial charge in [-0.25, -0.2) is 4.98 Å². The van der Waals surface area contributed by atoms with Gasteiger partial charge < -0.3 is 0 Å². The van der Waals surface area contributed by atoms with Crippen molar-refractivity contribution in [3.05, 3.63) is 63.6 Å². The van der Waals surface area contributed by atoms with E-state index in [0.29, 0.717) is 0 Å². The van der Waals surface area contributed by atoms with E-state index >= 15 is 0 Å². The second-order valence-corrected chi connectivity index (χ2v) is 7.33. The van der Waals surface area contributed by atoms with Crippen LogP contribution >= 0.6 is 38.9 Å². The Hall–Kier alpha value is -0.900. The third-order valence-corrected chi connectivity index (χ3v) is 5.62. The summed E-state index contributed by atoms with van der Waals surface area (Å²) in [6.07, 6.45) is 0.876. The van der Waals surface area contributed by atoms with E-state index in [4.69, 9.17) is 11.6 Å². The van der Waals surface area contributed by atoms with Crippen molar-refractivity contribution in [1.29, 1.82) is 0 Å². The fraction of sp³-hybridized carbons (Fsp3) is 0.188. The van der Waals surface area contributed by atoms with Gasteiger partial charge in [-0.15, -0.1) is 11.3 Å². The van der Waals surface area contributed by atoms with Crippen LogP contribution in [0.15, 0.2) is 42.5 Å². The predicted octanol–water partition coefficient (Wildman–Crippen LogP) is 5.94. The highest BCUT2D eigenvalue weighted by molar-refractivity contribution is 9.09. The molecule has 0 amide bonds. The van der Waals surface area contributed by atoms with Crippen LogP contribution in [-0.2, 0) is 6.42 Å². The molecule has 1 heterocycles. The number of nitrogens with zero attached hydrogens (tertiary/aromatic N) is 1. The van der Waals surface area contributed by atoms with Crippen molar-refractivity contribution in [3.8, 4) is 0 Å². The molecule has 1 atom stereocenters. The van der Waals surface area contributed by atoms with Crippen LogP contribution in [0.25, 0.3) is 10.2 Å². The summed E-state index contributed by atoms with van der Waals surface area (Å²) in [5.41, 5.74) is 3.45. The van der Waals surface area contributed by atoms with Crippen molar-refractivity contribution in [3.63, 3.8) is 0 Å². The van der Waals surface area contributed by atoms with E-state index in [1.807, 2.05) is 18.2 Å². The van der Waals surface area contributed by atoms with Gasteiger partial charge in [-0.2, -0.15) is 0 Å². The summed E-state index contributed by atoms with van der Waals surface area (Å²) in [4.78, 5) is 4.92. The molecule has 0 spiro atoms. The van der Waals surface area contributed by atoms with E-state index in [9.17, 15) is 0 Å². The van der Waals surface area contributed by atoms with Gasteiger partial charge in [0.2, 0.25) is 0 Å². The van der Waals surface area contributed by atoms with E-state index in [2.05, 4.69) is 52.1 Å². The first-order valence-electron chi connectivity index (χ1n) is 6.38. The molecule has 102 valence electrons. The molecule has 1 aromatic heterocycles. The van der Waals surface area contributed by atoms with Crippen molar-refractivity contribution >= 4 is 49.1 Å². The minimum atomic E-state index is 0.238. The average Bonchev–Trinajstić information content (AvgIpc) is 2.83. The maximum absolute atomic E-state index is 6.19. The third-order valence-electron chi connectivity index (χ3n) is 3.34. The quantitative estimate of drug-likeness (QED) is 0.523. The first-order chi connectivity index (χ1) is 9.65. The van der Waals surface area contributed by atoms with Crippen molar-refractivity contribution in [2.24, 2.45) is 0 Å². The summed E-state index contributed by atoms with van der Waals surface area (Å²) in [5, 5.41) is 1.96. The van der Waals surface area contributed by atoms with Gasteiger partial charge in [0.15, 0.2) is 0 Å². The van der Waals surface area contributed by atoms with Crippen LogP contribution in [0.4, 0.5) is 0 Å². The molecule has 0 N–H and O–H groups in total. The van der Waals surface area contributed by atoms with Gasteiger partial charge in [-0.1, -0.05) is 51.8 Å². The average molecular weight is 367 g/mol.